The Hall–Kier alpha value is -1.62. The summed E-state index contributed by atoms with van der Waals surface area (Å²) in [5.74, 6) is -0.255. The molecule has 0 aliphatic carbocycles. The van der Waals surface area contributed by atoms with Crippen molar-refractivity contribution in [3.8, 4) is 0 Å². The Morgan fingerprint density at radius 3 is 2.56 bits per heavy atom. The van der Waals surface area contributed by atoms with Crippen LogP contribution in [0.5, 0.6) is 0 Å². The van der Waals surface area contributed by atoms with Crippen molar-refractivity contribution >= 4 is 11.8 Å². The number of hydrogen-bond donors (Lipinski definition) is 3. The highest BCUT2D eigenvalue weighted by Gasteiger charge is 2.12. The van der Waals surface area contributed by atoms with Crippen molar-refractivity contribution in [1.29, 1.82) is 0 Å². The van der Waals surface area contributed by atoms with Gasteiger partial charge in [-0.25, -0.2) is 9.78 Å². The second-order valence-electron chi connectivity index (χ2n) is 4.68. The number of carboxylic acid groups (broad SMARTS) is 1. The second-order valence-corrected chi connectivity index (χ2v) is 4.68. The van der Waals surface area contributed by atoms with Gasteiger partial charge in [0.15, 0.2) is 0 Å². The van der Waals surface area contributed by atoms with E-state index in [4.69, 9.17) is 10.2 Å². The largest absolute Gasteiger partial charge is 0.478 e. The summed E-state index contributed by atoms with van der Waals surface area (Å²) in [6, 6.07) is 3.16. The van der Waals surface area contributed by atoms with Gasteiger partial charge in [0.25, 0.3) is 0 Å². The molecule has 0 saturated heterocycles. The topological polar surface area (TPSA) is 82.5 Å². The van der Waals surface area contributed by atoms with Crippen molar-refractivity contribution < 1.29 is 15.0 Å². The van der Waals surface area contributed by atoms with Crippen LogP contribution in [0.4, 0.5) is 5.82 Å². The highest BCUT2D eigenvalue weighted by Crippen LogP contribution is 2.18. The fraction of sp³-hybridized carbons (Fsp3) is 0.538. The van der Waals surface area contributed by atoms with Crippen LogP contribution in [0.1, 0.15) is 49.2 Å². The zero-order valence-corrected chi connectivity index (χ0v) is 11.0. The normalized spacial score (nSPS) is 12.5. The van der Waals surface area contributed by atoms with E-state index in [1.54, 1.807) is 6.07 Å². The van der Waals surface area contributed by atoms with Crippen molar-refractivity contribution in [2.75, 3.05) is 11.9 Å². The maximum Gasteiger partial charge on any atom is 0.335 e. The molecule has 0 aliphatic heterocycles. The fourth-order valence-electron chi connectivity index (χ4n) is 1.56. The minimum absolute atomic E-state index is 0.0477. The van der Waals surface area contributed by atoms with E-state index in [0.717, 1.165) is 5.69 Å². The van der Waals surface area contributed by atoms with E-state index >= 15 is 0 Å². The zero-order valence-electron chi connectivity index (χ0n) is 11.0. The van der Waals surface area contributed by atoms with Gasteiger partial charge >= 0.3 is 5.97 Å². The van der Waals surface area contributed by atoms with Gasteiger partial charge in [-0.2, -0.15) is 0 Å². The molecular weight excluding hydrogens is 232 g/mol. The molecule has 1 rings (SSSR count). The third kappa shape index (κ3) is 4.00. The molecule has 0 aromatic carbocycles. The number of nitrogens with one attached hydrogen (secondary N) is 1. The molecule has 18 heavy (non-hydrogen) atoms. The van der Waals surface area contributed by atoms with E-state index in [1.807, 2.05) is 20.8 Å². The molecule has 3 N–H and O–H groups in total. The molecule has 0 aliphatic rings. The number of hydrogen-bond acceptors (Lipinski definition) is 4. The molecule has 0 radical (unpaired) electrons. The van der Waals surface area contributed by atoms with Crippen LogP contribution in [0.3, 0.4) is 0 Å². The maximum absolute atomic E-state index is 11.0. The number of nitrogens with zero attached hydrogens (tertiary/aromatic N) is 1. The van der Waals surface area contributed by atoms with Crippen LogP contribution in [0.2, 0.25) is 0 Å². The summed E-state index contributed by atoms with van der Waals surface area (Å²) in [5.41, 5.74) is 0.973. The van der Waals surface area contributed by atoms with E-state index in [1.165, 1.54) is 6.07 Å². The minimum Gasteiger partial charge on any atom is -0.478 e. The number of carbonyl (C=O) groups is 1. The van der Waals surface area contributed by atoms with Gasteiger partial charge in [0.2, 0.25) is 0 Å². The molecule has 0 saturated carbocycles. The average molecular weight is 252 g/mol. The molecule has 1 unspecified atom stereocenters. The first-order chi connectivity index (χ1) is 8.43. The lowest BCUT2D eigenvalue weighted by molar-refractivity contribution is 0.0696. The summed E-state index contributed by atoms with van der Waals surface area (Å²) >= 11 is 0. The lowest BCUT2D eigenvalue weighted by Gasteiger charge is -2.15. The predicted octanol–water partition coefficient (Wildman–Crippen LogP) is 2.09. The fourth-order valence-corrected chi connectivity index (χ4v) is 1.56. The highest BCUT2D eigenvalue weighted by molar-refractivity contribution is 5.88. The summed E-state index contributed by atoms with van der Waals surface area (Å²) in [7, 11) is 0. The van der Waals surface area contributed by atoms with Gasteiger partial charge in [0, 0.05) is 18.3 Å². The van der Waals surface area contributed by atoms with Crippen LogP contribution in [0.15, 0.2) is 12.1 Å². The Morgan fingerprint density at radius 2 is 2.06 bits per heavy atom. The molecule has 100 valence electrons. The van der Waals surface area contributed by atoms with E-state index in [-0.39, 0.29) is 24.1 Å². The minimum atomic E-state index is -0.961. The molecular formula is C13H20N2O3. The van der Waals surface area contributed by atoms with Gasteiger partial charge in [-0.3, -0.25) is 0 Å². The highest BCUT2D eigenvalue weighted by atomic mass is 16.4. The Balaban J connectivity index is 2.99. The van der Waals surface area contributed by atoms with E-state index in [9.17, 15) is 4.79 Å². The maximum atomic E-state index is 11.0. The third-order valence-corrected chi connectivity index (χ3v) is 2.64. The van der Waals surface area contributed by atoms with E-state index in [0.29, 0.717) is 12.2 Å². The van der Waals surface area contributed by atoms with Gasteiger partial charge in [0.05, 0.1) is 5.56 Å². The van der Waals surface area contributed by atoms with Crippen LogP contribution in [-0.2, 0) is 0 Å². The molecule has 1 heterocycles. The van der Waals surface area contributed by atoms with Crippen LogP contribution in [0, 0.1) is 0 Å². The lowest BCUT2D eigenvalue weighted by atomic mass is 10.1. The molecule has 1 aromatic rings. The second kappa shape index (κ2) is 6.35. The molecule has 5 heteroatoms. The van der Waals surface area contributed by atoms with Crippen molar-refractivity contribution in [2.24, 2.45) is 0 Å². The Labute approximate surface area is 107 Å². The van der Waals surface area contributed by atoms with Crippen molar-refractivity contribution in [2.45, 2.75) is 39.2 Å². The number of carboxylic acids is 1. The molecule has 0 amide bonds. The number of aliphatic hydroxyl groups is 1. The Kier molecular flexibility index (Phi) is 5.09. The van der Waals surface area contributed by atoms with Crippen LogP contribution >= 0.6 is 0 Å². The van der Waals surface area contributed by atoms with Crippen LogP contribution < -0.4 is 5.32 Å². The summed E-state index contributed by atoms with van der Waals surface area (Å²) < 4.78 is 0. The quantitative estimate of drug-likeness (QED) is 0.722. The van der Waals surface area contributed by atoms with Crippen LogP contribution in [0.25, 0.3) is 0 Å². The van der Waals surface area contributed by atoms with Crippen molar-refractivity contribution in [1.82, 2.24) is 4.98 Å². The molecule has 1 atom stereocenters. The predicted molar refractivity (Wildman–Crippen MR) is 70.1 cm³/mol. The molecule has 1 aromatic heterocycles. The zero-order chi connectivity index (χ0) is 13.7. The smallest absolute Gasteiger partial charge is 0.335 e. The van der Waals surface area contributed by atoms with E-state index < -0.39 is 5.97 Å². The Morgan fingerprint density at radius 1 is 1.39 bits per heavy atom. The Bertz CT molecular complexity index is 419. The first-order valence-corrected chi connectivity index (χ1v) is 6.06. The van der Waals surface area contributed by atoms with Crippen molar-refractivity contribution in [3.63, 3.8) is 0 Å². The number of aromatic nitrogens is 1. The van der Waals surface area contributed by atoms with Gasteiger partial charge in [-0.1, -0.05) is 13.8 Å². The summed E-state index contributed by atoms with van der Waals surface area (Å²) in [5, 5.41) is 21.0. The number of anilines is 1. The number of pyridine rings is 1. The lowest BCUT2D eigenvalue weighted by Crippen LogP contribution is -2.18. The SMILES string of the molecule is CC(CCO)Nc1cc(C(=O)O)cc(C(C)C)n1. The standard InChI is InChI=1S/C13H20N2O3/c1-8(2)11-6-10(13(17)18)7-12(15-11)14-9(3)4-5-16/h6-9,16H,4-5H2,1-3H3,(H,14,15)(H,17,18). The third-order valence-electron chi connectivity index (χ3n) is 2.64. The first-order valence-electron chi connectivity index (χ1n) is 6.06. The van der Waals surface area contributed by atoms with Gasteiger partial charge < -0.3 is 15.5 Å². The summed E-state index contributed by atoms with van der Waals surface area (Å²) in [6.07, 6.45) is 0.593. The average Bonchev–Trinajstić information content (AvgIpc) is 2.28. The molecule has 5 nitrogen and oxygen atoms in total. The first kappa shape index (κ1) is 14.4. The molecule has 0 bridgehead atoms. The summed E-state index contributed by atoms with van der Waals surface area (Å²) in [6.45, 7) is 5.94. The van der Waals surface area contributed by atoms with Gasteiger partial charge in [-0.15, -0.1) is 0 Å². The number of aliphatic hydroxyl groups excluding tert-OH is 1. The number of aromatic carboxylic acids is 1. The number of rotatable bonds is 6. The molecule has 0 spiro atoms. The van der Waals surface area contributed by atoms with E-state index in [2.05, 4.69) is 10.3 Å². The van der Waals surface area contributed by atoms with Gasteiger partial charge in [-0.05, 0) is 31.4 Å². The van der Waals surface area contributed by atoms with Crippen LogP contribution in [-0.4, -0.2) is 33.8 Å². The monoisotopic (exact) mass is 252 g/mol. The summed E-state index contributed by atoms with van der Waals surface area (Å²) in [4.78, 5) is 15.4. The van der Waals surface area contributed by atoms with Crippen molar-refractivity contribution in [3.05, 3.63) is 23.4 Å². The van der Waals surface area contributed by atoms with Gasteiger partial charge in [0.1, 0.15) is 5.82 Å². The molecule has 0 fully saturated rings.